The van der Waals surface area contributed by atoms with Crippen LogP contribution in [-0.4, -0.2) is 27.2 Å². The summed E-state index contributed by atoms with van der Waals surface area (Å²) >= 11 is 0. The van der Waals surface area contributed by atoms with Crippen molar-refractivity contribution in [3.63, 3.8) is 0 Å². The highest BCUT2D eigenvalue weighted by Crippen LogP contribution is 2.12. The molecule has 1 atom stereocenters. The number of nitrogens with one attached hydrogen (secondary N) is 1. The Balaban J connectivity index is 1.90. The molecule has 0 spiro atoms. The SMILES string of the molecule is NCc1cccn2nc(CC3CCCN3)nc12. The molecule has 3 rings (SSSR count). The van der Waals surface area contributed by atoms with Crippen molar-refractivity contribution >= 4 is 5.65 Å². The van der Waals surface area contributed by atoms with Crippen LogP contribution in [0.3, 0.4) is 0 Å². The molecule has 5 nitrogen and oxygen atoms in total. The number of hydrogen-bond acceptors (Lipinski definition) is 4. The van der Waals surface area contributed by atoms with Gasteiger partial charge in [-0.2, -0.15) is 5.10 Å². The molecule has 0 saturated carbocycles. The largest absolute Gasteiger partial charge is 0.326 e. The highest BCUT2D eigenvalue weighted by molar-refractivity contribution is 5.46. The van der Waals surface area contributed by atoms with E-state index in [1.807, 2.05) is 22.8 Å². The van der Waals surface area contributed by atoms with Gasteiger partial charge in [-0.15, -0.1) is 0 Å². The van der Waals surface area contributed by atoms with Gasteiger partial charge in [0.2, 0.25) is 0 Å². The molecule has 17 heavy (non-hydrogen) atoms. The summed E-state index contributed by atoms with van der Waals surface area (Å²) in [7, 11) is 0. The van der Waals surface area contributed by atoms with Gasteiger partial charge in [0.05, 0.1) is 0 Å². The highest BCUT2D eigenvalue weighted by Gasteiger charge is 2.17. The summed E-state index contributed by atoms with van der Waals surface area (Å²) < 4.78 is 1.83. The van der Waals surface area contributed by atoms with Crippen LogP contribution in [0.1, 0.15) is 24.2 Å². The Morgan fingerprint density at radius 1 is 1.53 bits per heavy atom. The molecule has 0 radical (unpaired) electrons. The van der Waals surface area contributed by atoms with Gasteiger partial charge in [0.25, 0.3) is 0 Å². The number of fused-ring (bicyclic) bond motifs is 1. The molecule has 1 aliphatic rings. The number of nitrogens with zero attached hydrogens (tertiary/aromatic N) is 3. The maximum Gasteiger partial charge on any atom is 0.160 e. The van der Waals surface area contributed by atoms with Crippen LogP contribution in [0.2, 0.25) is 0 Å². The van der Waals surface area contributed by atoms with Crippen molar-refractivity contribution in [2.24, 2.45) is 5.73 Å². The molecule has 90 valence electrons. The standard InChI is InChI=1S/C12H17N5/c13-8-9-3-2-6-17-12(9)15-11(16-17)7-10-4-1-5-14-10/h2-3,6,10,14H,1,4-5,7-8,13H2. The average molecular weight is 231 g/mol. The Bertz CT molecular complexity index is 513. The van der Waals surface area contributed by atoms with Gasteiger partial charge in [-0.1, -0.05) is 6.07 Å². The second-order valence-corrected chi connectivity index (χ2v) is 4.53. The third-order valence-corrected chi connectivity index (χ3v) is 3.30. The summed E-state index contributed by atoms with van der Waals surface area (Å²) in [6, 6.07) is 4.50. The van der Waals surface area contributed by atoms with E-state index in [9.17, 15) is 0 Å². The Kier molecular flexibility index (Phi) is 2.78. The van der Waals surface area contributed by atoms with E-state index >= 15 is 0 Å². The van der Waals surface area contributed by atoms with E-state index in [0.29, 0.717) is 12.6 Å². The van der Waals surface area contributed by atoms with Gasteiger partial charge < -0.3 is 11.1 Å². The fraction of sp³-hybridized carbons (Fsp3) is 0.500. The Hall–Kier alpha value is -1.46. The predicted octanol–water partition coefficient (Wildman–Crippen LogP) is 0.482. The minimum absolute atomic E-state index is 0.504. The van der Waals surface area contributed by atoms with Crippen molar-refractivity contribution in [1.82, 2.24) is 19.9 Å². The Morgan fingerprint density at radius 2 is 2.47 bits per heavy atom. The summed E-state index contributed by atoms with van der Waals surface area (Å²) in [6.07, 6.45) is 5.31. The van der Waals surface area contributed by atoms with Gasteiger partial charge in [0.15, 0.2) is 11.5 Å². The zero-order valence-corrected chi connectivity index (χ0v) is 9.76. The average Bonchev–Trinajstić information content (AvgIpc) is 2.97. The van der Waals surface area contributed by atoms with Crippen molar-refractivity contribution < 1.29 is 0 Å². The summed E-state index contributed by atoms with van der Waals surface area (Å²) in [4.78, 5) is 4.58. The summed E-state index contributed by atoms with van der Waals surface area (Å²) in [5.41, 5.74) is 7.63. The third kappa shape index (κ3) is 2.03. The van der Waals surface area contributed by atoms with Gasteiger partial charge in [-0.05, 0) is 25.5 Å². The van der Waals surface area contributed by atoms with Crippen LogP contribution in [0.25, 0.3) is 5.65 Å². The van der Waals surface area contributed by atoms with E-state index < -0.39 is 0 Å². The van der Waals surface area contributed by atoms with Crippen LogP contribution in [0.4, 0.5) is 0 Å². The predicted molar refractivity (Wildman–Crippen MR) is 65.6 cm³/mol. The lowest BCUT2D eigenvalue weighted by atomic mass is 10.1. The summed E-state index contributed by atoms with van der Waals surface area (Å²) in [5, 5.41) is 7.96. The summed E-state index contributed by atoms with van der Waals surface area (Å²) in [5.74, 6) is 0.908. The fourth-order valence-electron chi connectivity index (χ4n) is 2.40. The monoisotopic (exact) mass is 231 g/mol. The van der Waals surface area contributed by atoms with E-state index in [0.717, 1.165) is 30.0 Å². The Morgan fingerprint density at radius 3 is 3.24 bits per heavy atom. The number of nitrogens with two attached hydrogens (primary N) is 1. The maximum absolute atomic E-state index is 5.70. The zero-order valence-electron chi connectivity index (χ0n) is 9.76. The number of aromatic nitrogens is 3. The molecule has 0 aromatic carbocycles. The van der Waals surface area contributed by atoms with Gasteiger partial charge in [-0.3, -0.25) is 0 Å². The van der Waals surface area contributed by atoms with Crippen molar-refractivity contribution in [2.75, 3.05) is 6.54 Å². The normalized spacial score (nSPS) is 20.2. The van der Waals surface area contributed by atoms with Crippen LogP contribution in [-0.2, 0) is 13.0 Å². The molecule has 0 aliphatic carbocycles. The lowest BCUT2D eigenvalue weighted by Gasteiger charge is -2.05. The smallest absolute Gasteiger partial charge is 0.160 e. The molecule has 2 aromatic rings. The van der Waals surface area contributed by atoms with E-state index in [-0.39, 0.29) is 0 Å². The molecule has 0 bridgehead atoms. The van der Waals surface area contributed by atoms with E-state index in [1.165, 1.54) is 12.8 Å². The van der Waals surface area contributed by atoms with Crippen molar-refractivity contribution in [3.8, 4) is 0 Å². The first-order valence-corrected chi connectivity index (χ1v) is 6.13. The molecule has 0 amide bonds. The van der Waals surface area contributed by atoms with E-state index in [4.69, 9.17) is 5.73 Å². The van der Waals surface area contributed by atoms with Crippen LogP contribution in [0.5, 0.6) is 0 Å². The van der Waals surface area contributed by atoms with Crippen LogP contribution in [0, 0.1) is 0 Å². The molecular formula is C12H17N5. The molecule has 2 aromatic heterocycles. The molecule has 1 fully saturated rings. The molecule has 3 heterocycles. The minimum atomic E-state index is 0.504. The van der Waals surface area contributed by atoms with Crippen molar-refractivity contribution in [3.05, 3.63) is 29.7 Å². The van der Waals surface area contributed by atoms with Crippen LogP contribution in [0.15, 0.2) is 18.3 Å². The van der Waals surface area contributed by atoms with Gasteiger partial charge in [0.1, 0.15) is 0 Å². The summed E-state index contributed by atoms with van der Waals surface area (Å²) in [6.45, 7) is 1.62. The van der Waals surface area contributed by atoms with Crippen LogP contribution < -0.4 is 11.1 Å². The second-order valence-electron chi connectivity index (χ2n) is 4.53. The van der Waals surface area contributed by atoms with Crippen molar-refractivity contribution in [2.45, 2.75) is 31.8 Å². The zero-order chi connectivity index (χ0) is 11.7. The van der Waals surface area contributed by atoms with Crippen LogP contribution >= 0.6 is 0 Å². The van der Waals surface area contributed by atoms with E-state index in [1.54, 1.807) is 0 Å². The molecule has 1 unspecified atom stereocenters. The molecular weight excluding hydrogens is 214 g/mol. The van der Waals surface area contributed by atoms with Gasteiger partial charge >= 0.3 is 0 Å². The fourth-order valence-corrected chi connectivity index (χ4v) is 2.40. The number of hydrogen-bond donors (Lipinski definition) is 2. The van der Waals surface area contributed by atoms with E-state index in [2.05, 4.69) is 15.4 Å². The first kappa shape index (κ1) is 10.7. The third-order valence-electron chi connectivity index (χ3n) is 3.30. The first-order valence-electron chi connectivity index (χ1n) is 6.13. The van der Waals surface area contributed by atoms with Crippen molar-refractivity contribution in [1.29, 1.82) is 0 Å². The number of rotatable bonds is 3. The molecule has 1 aliphatic heterocycles. The molecule has 5 heteroatoms. The topological polar surface area (TPSA) is 68.2 Å². The van der Waals surface area contributed by atoms with Gasteiger partial charge in [0, 0.05) is 30.8 Å². The number of pyridine rings is 1. The quantitative estimate of drug-likeness (QED) is 0.806. The first-order chi connectivity index (χ1) is 8.36. The molecule has 3 N–H and O–H groups in total. The van der Waals surface area contributed by atoms with Gasteiger partial charge in [-0.25, -0.2) is 9.50 Å². The lowest BCUT2D eigenvalue weighted by molar-refractivity contribution is 0.585. The lowest BCUT2D eigenvalue weighted by Crippen LogP contribution is -2.24. The Labute approximate surface area is 100 Å². The highest BCUT2D eigenvalue weighted by atomic mass is 15.3. The second kappa shape index (κ2) is 4.43. The minimum Gasteiger partial charge on any atom is -0.326 e. The maximum atomic E-state index is 5.70. The molecule has 1 saturated heterocycles.